The molecule has 0 radical (unpaired) electrons. The Hall–Kier alpha value is -3.46. The van der Waals surface area contributed by atoms with Gasteiger partial charge >= 0.3 is 0 Å². The Morgan fingerprint density at radius 3 is 2.40 bits per heavy atom. The molecule has 1 saturated carbocycles. The predicted molar refractivity (Wildman–Crippen MR) is 174 cm³/mol. The molecule has 2 heterocycles. The fourth-order valence-electron chi connectivity index (χ4n) is 6.72. The van der Waals surface area contributed by atoms with E-state index in [1.54, 1.807) is 12.1 Å². The van der Waals surface area contributed by atoms with Crippen LogP contribution in [0.4, 0.5) is 0 Å². The van der Waals surface area contributed by atoms with E-state index in [4.69, 9.17) is 10.2 Å². The number of likely N-dealkylation sites (tertiary alicyclic amines) is 1. The van der Waals surface area contributed by atoms with E-state index in [1.165, 1.54) is 12.7 Å². The number of hydrogen-bond acceptors (Lipinski definition) is 6. The highest BCUT2D eigenvalue weighted by Crippen LogP contribution is 2.29. The first kappa shape index (κ1) is 34.4. The van der Waals surface area contributed by atoms with Crippen molar-refractivity contribution in [3.8, 4) is 0 Å². The summed E-state index contributed by atoms with van der Waals surface area (Å²) >= 11 is 0. The number of amides is 3. The molecule has 2 aliphatic rings. The van der Waals surface area contributed by atoms with Gasteiger partial charge in [-0.3, -0.25) is 19.2 Å². The Balaban J connectivity index is 1.42. The van der Waals surface area contributed by atoms with Gasteiger partial charge in [0.25, 0.3) is 11.8 Å². The lowest BCUT2D eigenvalue weighted by Gasteiger charge is -2.31. The van der Waals surface area contributed by atoms with Crippen LogP contribution in [0.2, 0.25) is 0 Å². The highest BCUT2D eigenvalue weighted by Gasteiger charge is 2.33. The van der Waals surface area contributed by atoms with Gasteiger partial charge < -0.3 is 25.7 Å². The summed E-state index contributed by atoms with van der Waals surface area (Å²) in [5, 5.41) is 6.00. The van der Waals surface area contributed by atoms with Gasteiger partial charge in [0.05, 0.1) is 12.3 Å². The Bertz CT molecular complexity index is 1280. The van der Waals surface area contributed by atoms with Gasteiger partial charge in [-0.15, -0.1) is 0 Å². The molecule has 4 rings (SSSR count). The van der Waals surface area contributed by atoms with Crippen molar-refractivity contribution in [2.45, 2.75) is 97.6 Å². The van der Waals surface area contributed by atoms with Crippen molar-refractivity contribution < 1.29 is 23.6 Å². The summed E-state index contributed by atoms with van der Waals surface area (Å²) in [7, 11) is 0. The number of piperidine rings is 1. The third-order valence-electron chi connectivity index (χ3n) is 10.1. The van der Waals surface area contributed by atoms with Crippen LogP contribution >= 0.6 is 0 Å². The number of hydrogen-bond donors (Lipinski definition) is 3. The minimum atomic E-state index is -0.676. The smallest absolute Gasteiger partial charge is 0.287 e. The van der Waals surface area contributed by atoms with Crippen molar-refractivity contribution in [2.75, 3.05) is 19.6 Å². The van der Waals surface area contributed by atoms with Gasteiger partial charge in [0.2, 0.25) is 5.91 Å². The van der Waals surface area contributed by atoms with Crippen molar-refractivity contribution in [3.63, 3.8) is 0 Å². The molecule has 1 aromatic carbocycles. The maximum Gasteiger partial charge on any atom is 0.287 e. The molecular weight excluding hydrogens is 568 g/mol. The highest BCUT2D eigenvalue weighted by molar-refractivity contribution is 5.97. The number of carbonyl (C=O) groups excluding carboxylic acids is 4. The van der Waals surface area contributed by atoms with E-state index in [9.17, 15) is 19.2 Å². The number of rotatable bonds is 14. The van der Waals surface area contributed by atoms with Gasteiger partial charge in [-0.05, 0) is 85.9 Å². The molecule has 0 bridgehead atoms. The lowest BCUT2D eigenvalue weighted by molar-refractivity contribution is -0.132. The van der Waals surface area contributed by atoms with Gasteiger partial charge in [0, 0.05) is 37.5 Å². The minimum absolute atomic E-state index is 0.00160. The average Bonchev–Trinajstić information content (AvgIpc) is 3.62. The lowest BCUT2D eigenvalue weighted by atomic mass is 9.81. The number of Topliss-reactive ketones (excluding diaryl/α,β-unsaturated/α-hetero) is 1. The third-order valence-corrected chi connectivity index (χ3v) is 10.1. The van der Waals surface area contributed by atoms with Crippen molar-refractivity contribution in [1.82, 2.24) is 15.5 Å². The normalized spacial score (nSPS) is 18.2. The second-order valence-electron chi connectivity index (χ2n) is 13.2. The summed E-state index contributed by atoms with van der Waals surface area (Å²) in [6, 6.07) is 8.21. The van der Waals surface area contributed by atoms with E-state index >= 15 is 0 Å². The molecule has 3 atom stereocenters. The number of nitrogens with zero attached hydrogens (tertiary/aromatic N) is 1. The van der Waals surface area contributed by atoms with Crippen LogP contribution in [0.5, 0.6) is 0 Å². The Labute approximate surface area is 268 Å². The van der Waals surface area contributed by atoms with Crippen LogP contribution in [0.3, 0.4) is 0 Å². The van der Waals surface area contributed by atoms with Crippen LogP contribution in [0.15, 0.2) is 41.0 Å². The lowest BCUT2D eigenvalue weighted by Crippen LogP contribution is -2.45. The molecule has 1 aliphatic heterocycles. The van der Waals surface area contributed by atoms with Crippen LogP contribution in [0.25, 0.3) is 0 Å². The second-order valence-corrected chi connectivity index (χ2v) is 13.2. The number of nitrogens with one attached hydrogen (secondary N) is 2. The van der Waals surface area contributed by atoms with Gasteiger partial charge in [0.15, 0.2) is 11.5 Å². The van der Waals surface area contributed by atoms with E-state index in [1.807, 2.05) is 43.9 Å². The molecule has 9 nitrogen and oxygen atoms in total. The quantitative estimate of drug-likeness (QED) is 0.259. The summed E-state index contributed by atoms with van der Waals surface area (Å²) in [5.74, 6) is -0.280. The monoisotopic (exact) mass is 620 g/mol. The number of furan rings is 1. The van der Waals surface area contributed by atoms with Crippen molar-refractivity contribution in [2.24, 2.45) is 29.4 Å². The largest absolute Gasteiger partial charge is 0.459 e. The number of aryl methyl sites for hydroxylation is 1. The molecule has 2 fully saturated rings. The first-order valence-electron chi connectivity index (χ1n) is 16.9. The topological polar surface area (TPSA) is 135 Å². The van der Waals surface area contributed by atoms with Crippen molar-refractivity contribution in [1.29, 1.82) is 0 Å². The zero-order valence-corrected chi connectivity index (χ0v) is 27.3. The Morgan fingerprint density at radius 1 is 1.02 bits per heavy atom. The van der Waals surface area contributed by atoms with Crippen LogP contribution in [-0.2, 0) is 16.1 Å². The summed E-state index contributed by atoms with van der Waals surface area (Å²) in [6.45, 7) is 8.31. The third kappa shape index (κ3) is 9.52. The molecule has 45 heavy (non-hydrogen) atoms. The molecule has 4 N–H and O–H groups in total. The number of benzene rings is 1. The fraction of sp³-hybridized carbons (Fsp3) is 0.611. The van der Waals surface area contributed by atoms with Gasteiger partial charge in [0.1, 0.15) is 0 Å². The van der Waals surface area contributed by atoms with Crippen molar-refractivity contribution in [3.05, 3.63) is 59.0 Å². The van der Waals surface area contributed by atoms with Crippen molar-refractivity contribution >= 4 is 23.5 Å². The molecule has 0 unspecified atom stereocenters. The molecule has 0 spiro atoms. The Morgan fingerprint density at radius 2 is 1.76 bits per heavy atom. The van der Waals surface area contributed by atoms with Crippen LogP contribution in [0.1, 0.15) is 110 Å². The van der Waals surface area contributed by atoms with Gasteiger partial charge in [-0.1, -0.05) is 58.4 Å². The average molecular weight is 621 g/mol. The molecule has 3 amide bonds. The summed E-state index contributed by atoms with van der Waals surface area (Å²) in [5.41, 5.74) is 8.29. The molecule has 1 aromatic heterocycles. The fourth-order valence-corrected chi connectivity index (χ4v) is 6.72. The highest BCUT2D eigenvalue weighted by atomic mass is 16.3. The van der Waals surface area contributed by atoms with Crippen LogP contribution in [-0.4, -0.2) is 54.1 Å². The Kier molecular flexibility index (Phi) is 12.8. The maximum absolute atomic E-state index is 13.8. The molecule has 9 heteroatoms. The summed E-state index contributed by atoms with van der Waals surface area (Å²) < 4.78 is 5.28. The second kappa shape index (κ2) is 16.7. The standard InChI is InChI=1S/C36H52N4O5/c1-4-24(2)30(21-32(41)31(19-26-9-6-5-7-10-26)39-35(43)33-11-8-18-45-33)34(42)38-23-29-20-28(13-12-25(29)3)36(44)40-16-14-27(22-37)15-17-40/h8,11-13,18,20,24,26-27,30-31H,4-7,9-10,14-17,19,21-23,37H2,1-3H3,(H,38,42)(H,39,43)/t24-,30-,31-/m0/s1. The van der Waals surface area contributed by atoms with E-state index in [0.717, 1.165) is 56.1 Å². The number of nitrogens with two attached hydrogens (primary N) is 1. The molecule has 1 aliphatic carbocycles. The van der Waals surface area contributed by atoms with Gasteiger partial charge in [-0.2, -0.15) is 0 Å². The van der Waals surface area contributed by atoms with E-state index < -0.39 is 17.9 Å². The minimum Gasteiger partial charge on any atom is -0.459 e. The van der Waals surface area contributed by atoms with E-state index in [-0.39, 0.29) is 42.2 Å². The number of ketones is 1. The maximum atomic E-state index is 13.8. The molecule has 246 valence electrons. The SMILES string of the molecule is CC[C@H](C)[C@H](CC(=O)[C@H](CC1CCCCC1)NC(=O)c1ccco1)C(=O)NCc1cc(C(=O)N2CCC(CN)CC2)ccc1C. The first-order valence-corrected chi connectivity index (χ1v) is 16.9. The molecular formula is C36H52N4O5. The van der Waals surface area contributed by atoms with E-state index in [0.29, 0.717) is 43.5 Å². The van der Waals surface area contributed by atoms with Crippen LogP contribution < -0.4 is 16.4 Å². The molecule has 2 aromatic rings. The van der Waals surface area contributed by atoms with E-state index in [2.05, 4.69) is 10.6 Å². The number of carbonyl (C=O) groups is 4. The molecule has 1 saturated heterocycles. The van der Waals surface area contributed by atoms with Gasteiger partial charge in [-0.25, -0.2) is 0 Å². The van der Waals surface area contributed by atoms with Crippen LogP contribution in [0, 0.1) is 30.6 Å². The first-order chi connectivity index (χ1) is 21.7. The summed E-state index contributed by atoms with van der Waals surface area (Å²) in [6.07, 6.45) is 10.2. The predicted octanol–water partition coefficient (Wildman–Crippen LogP) is 5.41. The zero-order chi connectivity index (χ0) is 32.3. The zero-order valence-electron chi connectivity index (χ0n) is 27.3. The summed E-state index contributed by atoms with van der Waals surface area (Å²) in [4.78, 5) is 55.5.